The lowest BCUT2D eigenvalue weighted by atomic mass is 10.2. The van der Waals surface area contributed by atoms with Crippen molar-refractivity contribution in [1.29, 1.82) is 0 Å². The quantitative estimate of drug-likeness (QED) is 0.477. The molecule has 0 N–H and O–H groups in total. The predicted octanol–water partition coefficient (Wildman–Crippen LogP) is 3.29. The standard InChI is InChI=1S/C18H20N4O4/c1-4-26-14-9-8-13(11-15(14)25-3)12-20(2)17-18(22(23)24)21-10-6-5-7-16(21)19-17/h5-11H,4,12H2,1-3H3. The van der Waals surface area contributed by atoms with Gasteiger partial charge in [-0.2, -0.15) is 9.38 Å². The molecule has 8 heteroatoms. The van der Waals surface area contributed by atoms with E-state index in [4.69, 9.17) is 9.47 Å². The third kappa shape index (κ3) is 3.26. The molecule has 3 rings (SSSR count). The van der Waals surface area contributed by atoms with Crippen LogP contribution < -0.4 is 14.4 Å². The largest absolute Gasteiger partial charge is 0.493 e. The van der Waals surface area contributed by atoms with Crippen LogP contribution >= 0.6 is 0 Å². The molecular formula is C18H20N4O4. The fourth-order valence-electron chi connectivity index (χ4n) is 2.83. The van der Waals surface area contributed by atoms with Gasteiger partial charge in [-0.1, -0.05) is 12.1 Å². The van der Waals surface area contributed by atoms with Crippen LogP contribution in [-0.4, -0.2) is 35.1 Å². The van der Waals surface area contributed by atoms with Gasteiger partial charge in [0.05, 0.1) is 19.9 Å². The minimum absolute atomic E-state index is 0.0546. The van der Waals surface area contributed by atoms with Gasteiger partial charge in [-0.3, -0.25) is 0 Å². The van der Waals surface area contributed by atoms with Gasteiger partial charge in [0.2, 0.25) is 11.5 Å². The van der Waals surface area contributed by atoms with Crippen molar-refractivity contribution in [3.63, 3.8) is 0 Å². The van der Waals surface area contributed by atoms with E-state index in [1.54, 1.807) is 43.5 Å². The summed E-state index contributed by atoms with van der Waals surface area (Å²) in [5, 5.41) is 11.6. The zero-order valence-electron chi connectivity index (χ0n) is 14.9. The number of rotatable bonds is 7. The number of hydrogen-bond acceptors (Lipinski definition) is 6. The van der Waals surface area contributed by atoms with Crippen LogP contribution in [0.15, 0.2) is 42.6 Å². The lowest BCUT2D eigenvalue weighted by Crippen LogP contribution is -2.18. The Balaban J connectivity index is 1.93. The molecule has 1 aromatic carbocycles. The molecule has 0 radical (unpaired) electrons. The molecule has 0 bridgehead atoms. The van der Waals surface area contributed by atoms with Crippen LogP contribution in [0.1, 0.15) is 12.5 Å². The molecule has 0 aliphatic rings. The number of pyridine rings is 1. The van der Waals surface area contributed by atoms with E-state index < -0.39 is 4.92 Å². The highest BCUT2D eigenvalue weighted by Gasteiger charge is 2.25. The van der Waals surface area contributed by atoms with Gasteiger partial charge in [-0.15, -0.1) is 0 Å². The maximum atomic E-state index is 11.6. The third-order valence-corrected chi connectivity index (χ3v) is 3.97. The first kappa shape index (κ1) is 17.5. The summed E-state index contributed by atoms with van der Waals surface area (Å²) in [6, 6.07) is 10.9. The van der Waals surface area contributed by atoms with Crippen molar-refractivity contribution < 1.29 is 14.4 Å². The molecular weight excluding hydrogens is 336 g/mol. The van der Waals surface area contributed by atoms with Gasteiger partial charge in [-0.25, -0.2) is 0 Å². The van der Waals surface area contributed by atoms with Crippen molar-refractivity contribution in [3.05, 3.63) is 58.3 Å². The highest BCUT2D eigenvalue weighted by Crippen LogP contribution is 2.31. The van der Waals surface area contributed by atoms with E-state index in [0.717, 1.165) is 5.56 Å². The molecule has 0 saturated carbocycles. The van der Waals surface area contributed by atoms with Crippen LogP contribution in [0.5, 0.6) is 11.5 Å². The Hall–Kier alpha value is -3.29. The number of ether oxygens (including phenoxy) is 2. The van der Waals surface area contributed by atoms with Gasteiger partial charge in [0.15, 0.2) is 11.5 Å². The zero-order valence-corrected chi connectivity index (χ0v) is 14.9. The van der Waals surface area contributed by atoms with Crippen molar-refractivity contribution in [1.82, 2.24) is 9.38 Å². The van der Waals surface area contributed by atoms with E-state index in [0.29, 0.717) is 36.1 Å². The maximum Gasteiger partial charge on any atom is 0.372 e. The molecule has 0 fully saturated rings. The molecule has 8 nitrogen and oxygen atoms in total. The van der Waals surface area contributed by atoms with Crippen molar-refractivity contribution in [2.45, 2.75) is 13.5 Å². The fraction of sp³-hybridized carbons (Fsp3) is 0.278. The highest BCUT2D eigenvalue weighted by molar-refractivity contribution is 5.63. The second-order valence-electron chi connectivity index (χ2n) is 5.72. The summed E-state index contributed by atoms with van der Waals surface area (Å²) in [5.41, 5.74) is 1.46. The van der Waals surface area contributed by atoms with E-state index in [-0.39, 0.29) is 5.82 Å². The summed E-state index contributed by atoms with van der Waals surface area (Å²) < 4.78 is 12.4. The molecule has 0 spiro atoms. The van der Waals surface area contributed by atoms with Gasteiger partial charge in [0.1, 0.15) is 0 Å². The van der Waals surface area contributed by atoms with Crippen LogP contribution in [0.4, 0.5) is 11.6 Å². The summed E-state index contributed by atoms with van der Waals surface area (Å²) in [4.78, 5) is 17.3. The van der Waals surface area contributed by atoms with Gasteiger partial charge in [0, 0.05) is 19.7 Å². The smallest absolute Gasteiger partial charge is 0.372 e. The highest BCUT2D eigenvalue weighted by atomic mass is 16.6. The summed E-state index contributed by atoms with van der Waals surface area (Å²) in [5.74, 6) is 1.55. The number of fused-ring (bicyclic) bond motifs is 1. The Bertz CT molecular complexity index is 938. The number of nitrogens with zero attached hydrogens (tertiary/aromatic N) is 4. The number of anilines is 1. The summed E-state index contributed by atoms with van der Waals surface area (Å²) >= 11 is 0. The number of nitro groups is 1. The van der Waals surface area contributed by atoms with Crippen LogP contribution in [0.2, 0.25) is 0 Å². The van der Waals surface area contributed by atoms with E-state index in [9.17, 15) is 10.1 Å². The third-order valence-electron chi connectivity index (χ3n) is 3.97. The number of aromatic nitrogens is 2. The monoisotopic (exact) mass is 356 g/mol. The first-order valence-corrected chi connectivity index (χ1v) is 8.17. The number of imidazole rings is 1. The van der Waals surface area contributed by atoms with Crippen LogP contribution in [0.25, 0.3) is 5.65 Å². The Labute approximate surface area is 150 Å². The lowest BCUT2D eigenvalue weighted by molar-refractivity contribution is -0.389. The summed E-state index contributed by atoms with van der Waals surface area (Å²) in [6.07, 6.45) is 1.64. The molecule has 0 aliphatic heterocycles. The molecule has 0 aliphatic carbocycles. The molecule has 0 saturated heterocycles. The van der Waals surface area contributed by atoms with E-state index in [2.05, 4.69) is 4.98 Å². The average Bonchev–Trinajstić information content (AvgIpc) is 3.03. The Morgan fingerprint density at radius 3 is 2.77 bits per heavy atom. The van der Waals surface area contributed by atoms with Gasteiger partial charge in [-0.05, 0) is 35.6 Å². The predicted molar refractivity (Wildman–Crippen MR) is 98.1 cm³/mol. The molecule has 0 atom stereocenters. The first-order chi connectivity index (χ1) is 12.5. The van der Waals surface area contributed by atoms with Gasteiger partial charge in [0.25, 0.3) is 0 Å². The second-order valence-corrected chi connectivity index (χ2v) is 5.72. The molecule has 2 aromatic heterocycles. The van der Waals surface area contributed by atoms with E-state index in [1.165, 1.54) is 4.40 Å². The minimum Gasteiger partial charge on any atom is -0.493 e. The fourth-order valence-corrected chi connectivity index (χ4v) is 2.83. The van der Waals surface area contributed by atoms with Crippen LogP contribution in [0.3, 0.4) is 0 Å². The summed E-state index contributed by atoms with van der Waals surface area (Å²) in [6.45, 7) is 2.89. The van der Waals surface area contributed by atoms with Crippen molar-refractivity contribution >= 4 is 17.3 Å². The normalized spacial score (nSPS) is 10.7. The van der Waals surface area contributed by atoms with Gasteiger partial charge >= 0.3 is 5.82 Å². The molecule has 26 heavy (non-hydrogen) atoms. The minimum atomic E-state index is -0.412. The SMILES string of the molecule is CCOc1ccc(CN(C)c2nc3ccccn3c2[N+](=O)[O-])cc1OC. The van der Waals surface area contributed by atoms with Gasteiger partial charge < -0.3 is 24.5 Å². The van der Waals surface area contributed by atoms with Crippen molar-refractivity contribution in [2.24, 2.45) is 0 Å². The number of methoxy groups -OCH3 is 1. The molecule has 3 aromatic rings. The lowest BCUT2D eigenvalue weighted by Gasteiger charge is -2.17. The van der Waals surface area contributed by atoms with Crippen molar-refractivity contribution in [2.75, 3.05) is 25.7 Å². The first-order valence-electron chi connectivity index (χ1n) is 8.17. The Morgan fingerprint density at radius 1 is 1.27 bits per heavy atom. The maximum absolute atomic E-state index is 11.6. The zero-order chi connectivity index (χ0) is 18.7. The molecule has 2 heterocycles. The van der Waals surface area contributed by atoms with E-state index in [1.807, 2.05) is 25.1 Å². The average molecular weight is 356 g/mol. The Kier molecular flexibility index (Phi) is 4.92. The van der Waals surface area contributed by atoms with Crippen LogP contribution in [0, 0.1) is 10.1 Å². The van der Waals surface area contributed by atoms with Crippen LogP contribution in [-0.2, 0) is 6.54 Å². The van der Waals surface area contributed by atoms with E-state index >= 15 is 0 Å². The van der Waals surface area contributed by atoms with Crippen molar-refractivity contribution in [3.8, 4) is 11.5 Å². The molecule has 0 amide bonds. The molecule has 0 unspecified atom stereocenters. The second kappa shape index (κ2) is 7.30. The summed E-state index contributed by atoms with van der Waals surface area (Å²) in [7, 11) is 3.36. The Morgan fingerprint density at radius 2 is 2.08 bits per heavy atom. The number of hydrogen-bond donors (Lipinski definition) is 0. The topological polar surface area (TPSA) is 82.1 Å². The number of benzene rings is 1. The molecule has 136 valence electrons.